The first-order chi connectivity index (χ1) is 16.1. The number of hydrogen-bond acceptors (Lipinski definition) is 5. The highest BCUT2D eigenvalue weighted by Gasteiger charge is 2.30. The first kappa shape index (κ1) is 21.7. The average molecular weight is 478 g/mol. The Balaban J connectivity index is 1.63. The van der Waals surface area contributed by atoms with Crippen LogP contribution in [0.1, 0.15) is 56.7 Å². The Bertz CT molecular complexity index is 1280. The Kier molecular flexibility index (Phi) is 6.20. The van der Waals surface area contributed by atoms with Crippen LogP contribution < -0.4 is 10.6 Å². The maximum atomic E-state index is 12.9. The molecule has 1 aliphatic rings. The third-order valence-electron chi connectivity index (χ3n) is 5.87. The summed E-state index contributed by atoms with van der Waals surface area (Å²) in [5.41, 5.74) is 4.23. The Morgan fingerprint density at radius 2 is 1.94 bits per heavy atom. The van der Waals surface area contributed by atoms with Gasteiger partial charge in [-0.1, -0.05) is 35.9 Å². The van der Waals surface area contributed by atoms with Gasteiger partial charge >= 0.3 is 0 Å². The number of carbonyl (C=O) groups excluding carboxylic acids is 1. The van der Waals surface area contributed by atoms with E-state index in [1.807, 2.05) is 49.4 Å². The number of pyridine rings is 1. The number of carbonyl (C=O) groups is 1. The molecule has 3 heterocycles. The van der Waals surface area contributed by atoms with Gasteiger partial charge in [-0.25, -0.2) is 4.98 Å². The molecule has 33 heavy (non-hydrogen) atoms. The lowest BCUT2D eigenvalue weighted by atomic mass is 9.89. The summed E-state index contributed by atoms with van der Waals surface area (Å²) in [5, 5.41) is 8.23. The number of nitrogens with one attached hydrogen (secondary N) is 2. The maximum Gasteiger partial charge on any atom is 0.291 e. The van der Waals surface area contributed by atoms with Crippen LogP contribution >= 0.6 is 22.9 Å². The van der Waals surface area contributed by atoms with Gasteiger partial charge in [0.15, 0.2) is 5.76 Å². The molecular weight excluding hydrogens is 454 g/mol. The zero-order valence-corrected chi connectivity index (χ0v) is 19.8. The number of amides is 1. The first-order valence-corrected chi connectivity index (χ1v) is 12.2. The second-order valence-electron chi connectivity index (χ2n) is 8.15. The molecule has 3 aromatic heterocycles. The summed E-state index contributed by atoms with van der Waals surface area (Å²) in [6.07, 6.45) is 5.78. The van der Waals surface area contributed by atoms with Crippen molar-refractivity contribution in [1.29, 1.82) is 0 Å². The molecule has 4 aromatic rings. The molecule has 1 atom stereocenters. The zero-order chi connectivity index (χ0) is 22.8. The molecule has 0 bridgehead atoms. The quantitative estimate of drug-likeness (QED) is 0.313. The molecule has 0 spiro atoms. The Morgan fingerprint density at radius 1 is 1.09 bits per heavy atom. The summed E-state index contributed by atoms with van der Waals surface area (Å²) in [6, 6.07) is 16.9. The lowest BCUT2D eigenvalue weighted by Crippen LogP contribution is -2.19. The van der Waals surface area contributed by atoms with Gasteiger partial charge in [-0.3, -0.25) is 4.79 Å². The largest absolute Gasteiger partial charge is 0.459 e. The fourth-order valence-electron chi connectivity index (χ4n) is 4.35. The van der Waals surface area contributed by atoms with Crippen LogP contribution in [-0.4, -0.2) is 10.9 Å². The van der Waals surface area contributed by atoms with E-state index >= 15 is 0 Å². The van der Waals surface area contributed by atoms with Crippen LogP contribution in [0.25, 0.3) is 0 Å². The second kappa shape index (κ2) is 9.41. The minimum absolute atomic E-state index is 0.258. The number of furan rings is 1. The number of thiophene rings is 1. The van der Waals surface area contributed by atoms with Gasteiger partial charge in [0, 0.05) is 21.2 Å². The Labute approximate surface area is 201 Å². The number of hydrogen-bond donors (Lipinski definition) is 2. The van der Waals surface area contributed by atoms with Gasteiger partial charge < -0.3 is 15.1 Å². The SMILES string of the molecule is Cc1cccc(N[C@@H](c2ccccc2Cl)c2c(NC(=O)c3ccco3)sc3c2CCCC3)n1. The van der Waals surface area contributed by atoms with E-state index in [1.165, 1.54) is 16.7 Å². The van der Waals surface area contributed by atoms with E-state index in [0.717, 1.165) is 53.3 Å². The maximum absolute atomic E-state index is 12.9. The van der Waals surface area contributed by atoms with Crippen molar-refractivity contribution in [3.8, 4) is 0 Å². The van der Waals surface area contributed by atoms with Crippen LogP contribution in [0.3, 0.4) is 0 Å². The van der Waals surface area contributed by atoms with E-state index in [0.29, 0.717) is 5.02 Å². The second-order valence-corrected chi connectivity index (χ2v) is 9.66. The van der Waals surface area contributed by atoms with Crippen LogP contribution in [0, 0.1) is 6.92 Å². The molecule has 0 saturated carbocycles. The van der Waals surface area contributed by atoms with Crippen molar-refractivity contribution in [1.82, 2.24) is 4.98 Å². The molecule has 7 heteroatoms. The summed E-state index contributed by atoms with van der Waals surface area (Å²) in [6.45, 7) is 1.97. The topological polar surface area (TPSA) is 67.2 Å². The molecular formula is C26H24ClN3O2S. The standard InChI is InChI=1S/C26H24ClN3O2S/c1-16-8-6-14-22(28-16)29-24(17-9-2-4-11-19(17)27)23-18-10-3-5-13-21(18)33-26(23)30-25(31)20-12-7-15-32-20/h2,4,6-9,11-12,14-15,24H,3,5,10,13H2,1H3,(H,28,29)(H,30,31)/t24-/m0/s1. The van der Waals surface area contributed by atoms with E-state index in [4.69, 9.17) is 16.0 Å². The lowest BCUT2D eigenvalue weighted by molar-refractivity contribution is 0.0997. The van der Waals surface area contributed by atoms with Crippen LogP contribution in [0.2, 0.25) is 5.02 Å². The molecule has 0 saturated heterocycles. The lowest BCUT2D eigenvalue weighted by Gasteiger charge is -2.25. The monoisotopic (exact) mass is 477 g/mol. The molecule has 2 N–H and O–H groups in total. The molecule has 5 rings (SSSR count). The van der Waals surface area contributed by atoms with Crippen molar-refractivity contribution in [3.63, 3.8) is 0 Å². The summed E-state index contributed by atoms with van der Waals surface area (Å²) >= 11 is 8.35. The number of aromatic nitrogens is 1. The fourth-order valence-corrected chi connectivity index (χ4v) is 5.91. The molecule has 5 nitrogen and oxygen atoms in total. The van der Waals surface area contributed by atoms with Gasteiger partial charge in [0.1, 0.15) is 10.8 Å². The third kappa shape index (κ3) is 4.54. The van der Waals surface area contributed by atoms with Crippen LogP contribution in [0.15, 0.2) is 65.3 Å². The number of anilines is 2. The zero-order valence-electron chi connectivity index (χ0n) is 18.2. The number of aryl methyl sites for hydroxylation is 2. The highest BCUT2D eigenvalue weighted by molar-refractivity contribution is 7.16. The van der Waals surface area contributed by atoms with Crippen LogP contribution in [0.5, 0.6) is 0 Å². The van der Waals surface area contributed by atoms with E-state index in [2.05, 4.69) is 15.6 Å². The Morgan fingerprint density at radius 3 is 2.73 bits per heavy atom. The van der Waals surface area contributed by atoms with Gasteiger partial charge in [-0.05, 0) is 74.1 Å². The third-order valence-corrected chi connectivity index (χ3v) is 7.44. The minimum atomic E-state index is -0.266. The normalized spacial score (nSPS) is 13.9. The number of nitrogens with zero attached hydrogens (tertiary/aromatic N) is 1. The molecule has 0 unspecified atom stereocenters. The van der Waals surface area contributed by atoms with Crippen LogP contribution in [-0.2, 0) is 12.8 Å². The summed E-state index contributed by atoms with van der Waals surface area (Å²) in [4.78, 5) is 18.9. The first-order valence-electron chi connectivity index (χ1n) is 11.0. The van der Waals surface area contributed by atoms with E-state index < -0.39 is 0 Å². The van der Waals surface area contributed by atoms with Crippen molar-refractivity contribution < 1.29 is 9.21 Å². The Hall–Kier alpha value is -3.09. The molecule has 1 amide bonds. The fraction of sp³-hybridized carbons (Fsp3) is 0.231. The molecule has 0 radical (unpaired) electrons. The van der Waals surface area contributed by atoms with Crippen LogP contribution in [0.4, 0.5) is 10.8 Å². The molecule has 1 aliphatic carbocycles. The highest BCUT2D eigenvalue weighted by Crippen LogP contribution is 2.45. The number of halogens is 1. The van der Waals surface area contributed by atoms with Crippen molar-refractivity contribution in [2.45, 2.75) is 38.6 Å². The molecule has 1 aromatic carbocycles. The smallest absolute Gasteiger partial charge is 0.291 e. The number of rotatable bonds is 6. The minimum Gasteiger partial charge on any atom is -0.459 e. The summed E-state index contributed by atoms with van der Waals surface area (Å²) < 4.78 is 5.33. The summed E-state index contributed by atoms with van der Waals surface area (Å²) in [5.74, 6) is 0.792. The van der Waals surface area contributed by atoms with Crippen molar-refractivity contribution >= 4 is 39.7 Å². The average Bonchev–Trinajstić information content (AvgIpc) is 3.46. The molecule has 0 fully saturated rings. The van der Waals surface area contributed by atoms with Gasteiger partial charge in [0.05, 0.1) is 12.3 Å². The van der Waals surface area contributed by atoms with E-state index in [-0.39, 0.29) is 17.7 Å². The van der Waals surface area contributed by atoms with Crippen molar-refractivity contribution in [3.05, 3.63) is 98.9 Å². The highest BCUT2D eigenvalue weighted by atomic mass is 35.5. The molecule has 0 aliphatic heterocycles. The van der Waals surface area contributed by atoms with Gasteiger partial charge in [-0.15, -0.1) is 11.3 Å². The van der Waals surface area contributed by atoms with E-state index in [1.54, 1.807) is 23.5 Å². The van der Waals surface area contributed by atoms with Crippen molar-refractivity contribution in [2.75, 3.05) is 10.6 Å². The van der Waals surface area contributed by atoms with E-state index in [9.17, 15) is 4.79 Å². The van der Waals surface area contributed by atoms with Gasteiger partial charge in [-0.2, -0.15) is 0 Å². The van der Waals surface area contributed by atoms with Gasteiger partial charge in [0.2, 0.25) is 0 Å². The predicted molar refractivity (Wildman–Crippen MR) is 134 cm³/mol. The van der Waals surface area contributed by atoms with Gasteiger partial charge in [0.25, 0.3) is 5.91 Å². The summed E-state index contributed by atoms with van der Waals surface area (Å²) in [7, 11) is 0. The molecule has 168 valence electrons. The predicted octanol–water partition coefficient (Wildman–Crippen LogP) is 7.03. The number of fused-ring (bicyclic) bond motifs is 1. The number of benzene rings is 1. The van der Waals surface area contributed by atoms with Crippen molar-refractivity contribution in [2.24, 2.45) is 0 Å².